The summed E-state index contributed by atoms with van der Waals surface area (Å²) in [6.07, 6.45) is 1.52. The molecule has 1 fully saturated rings. The average molecular weight is 368 g/mol. The first-order valence-electron chi connectivity index (χ1n) is 8.51. The number of alkyl carbamates (subject to hydrolysis) is 1. The largest absolute Gasteiger partial charge is 0.444 e. The van der Waals surface area contributed by atoms with Gasteiger partial charge >= 0.3 is 6.09 Å². The minimum Gasteiger partial charge on any atom is -0.444 e. The molecule has 146 valence electrons. The first-order valence-corrected chi connectivity index (χ1v) is 8.51. The summed E-state index contributed by atoms with van der Waals surface area (Å²) in [5.74, 6) is -1.19. The number of ether oxygens (including phenoxy) is 1. The van der Waals surface area contributed by atoms with Crippen molar-refractivity contribution in [2.24, 2.45) is 0 Å². The zero-order chi connectivity index (χ0) is 19.9. The van der Waals surface area contributed by atoms with Crippen molar-refractivity contribution in [3.8, 4) is 0 Å². The molecule has 26 heavy (non-hydrogen) atoms. The molecule has 0 aromatic carbocycles. The molecule has 0 aromatic heterocycles. The highest BCUT2D eigenvalue weighted by Crippen LogP contribution is 2.18. The van der Waals surface area contributed by atoms with Crippen molar-refractivity contribution in [3.63, 3.8) is 0 Å². The zero-order valence-corrected chi connectivity index (χ0v) is 15.8. The van der Waals surface area contributed by atoms with E-state index in [2.05, 4.69) is 22.5 Å². The van der Waals surface area contributed by atoms with Crippen LogP contribution in [-0.2, 0) is 19.1 Å². The number of hydrogen-bond donors (Lipinski definition) is 3. The molecule has 1 rings (SSSR count). The van der Waals surface area contributed by atoms with E-state index in [1.165, 1.54) is 11.9 Å². The van der Waals surface area contributed by atoms with Crippen molar-refractivity contribution in [3.05, 3.63) is 12.7 Å². The van der Waals surface area contributed by atoms with Gasteiger partial charge in [-0.15, -0.1) is 0 Å². The molecule has 0 spiro atoms. The molecule has 9 nitrogen and oxygen atoms in total. The van der Waals surface area contributed by atoms with Gasteiger partial charge in [-0.05, 0) is 39.7 Å². The molecule has 1 aliphatic rings. The molecule has 3 N–H and O–H groups in total. The van der Waals surface area contributed by atoms with Crippen LogP contribution < -0.4 is 16.0 Å². The maximum Gasteiger partial charge on any atom is 0.408 e. The van der Waals surface area contributed by atoms with E-state index in [0.717, 1.165) is 6.08 Å². The van der Waals surface area contributed by atoms with E-state index in [1.807, 2.05) is 0 Å². The first kappa shape index (κ1) is 21.5. The summed E-state index contributed by atoms with van der Waals surface area (Å²) in [6.45, 7) is 8.71. The molecular weight excluding hydrogens is 340 g/mol. The second kappa shape index (κ2) is 9.21. The zero-order valence-electron chi connectivity index (χ0n) is 15.8. The van der Waals surface area contributed by atoms with Crippen LogP contribution in [0.5, 0.6) is 0 Å². The Hall–Kier alpha value is -2.58. The van der Waals surface area contributed by atoms with Crippen molar-refractivity contribution in [1.82, 2.24) is 20.9 Å². The lowest BCUT2D eigenvalue weighted by Gasteiger charge is -2.29. The van der Waals surface area contributed by atoms with Gasteiger partial charge in [0.05, 0.1) is 0 Å². The molecule has 9 heteroatoms. The van der Waals surface area contributed by atoms with Crippen molar-refractivity contribution in [2.45, 2.75) is 51.3 Å². The molecule has 2 unspecified atom stereocenters. The topological polar surface area (TPSA) is 117 Å². The van der Waals surface area contributed by atoms with Crippen LogP contribution in [0.2, 0.25) is 0 Å². The number of carbonyl (C=O) groups excluding carboxylic acids is 4. The average Bonchev–Trinajstić information content (AvgIpc) is 3.04. The van der Waals surface area contributed by atoms with Gasteiger partial charge in [0, 0.05) is 20.1 Å². The summed E-state index contributed by atoms with van der Waals surface area (Å²) in [7, 11) is 1.50. The van der Waals surface area contributed by atoms with E-state index < -0.39 is 35.6 Å². The first-order chi connectivity index (χ1) is 12.1. The summed E-state index contributed by atoms with van der Waals surface area (Å²) in [4.78, 5) is 49.8. The molecule has 0 saturated carbocycles. The number of carbonyl (C=O) groups is 4. The van der Waals surface area contributed by atoms with Crippen molar-refractivity contribution in [2.75, 3.05) is 20.1 Å². The number of rotatable bonds is 6. The number of likely N-dealkylation sites (N-methyl/N-ethyl adjacent to an activating group) is 1. The van der Waals surface area contributed by atoms with Crippen LogP contribution in [0.1, 0.15) is 33.6 Å². The molecule has 0 aromatic rings. The van der Waals surface area contributed by atoms with E-state index in [1.54, 1.807) is 20.8 Å². The second-order valence-electron chi connectivity index (χ2n) is 6.95. The minimum absolute atomic E-state index is 0.139. The number of amides is 4. The Bertz CT molecular complexity index is 570. The SMILES string of the molecule is C=CC(=O)NCC(NC(=O)OC(C)(C)C)C(=O)N1CCCC1C(=O)NC. The van der Waals surface area contributed by atoms with Gasteiger partial charge in [0.25, 0.3) is 0 Å². The van der Waals surface area contributed by atoms with Crippen molar-refractivity contribution >= 4 is 23.8 Å². The van der Waals surface area contributed by atoms with Crippen LogP contribution in [0.4, 0.5) is 4.79 Å². The third-order valence-electron chi connectivity index (χ3n) is 3.74. The monoisotopic (exact) mass is 368 g/mol. The molecule has 0 radical (unpaired) electrons. The normalized spacial score (nSPS) is 17.8. The van der Waals surface area contributed by atoms with E-state index in [9.17, 15) is 19.2 Å². The van der Waals surface area contributed by atoms with Gasteiger partial charge in [0.15, 0.2) is 0 Å². The molecule has 1 aliphatic heterocycles. The van der Waals surface area contributed by atoms with E-state index >= 15 is 0 Å². The third kappa shape index (κ3) is 6.38. The molecule has 1 heterocycles. The number of nitrogens with zero attached hydrogens (tertiary/aromatic N) is 1. The van der Waals surface area contributed by atoms with Crippen LogP contribution in [0.3, 0.4) is 0 Å². The predicted octanol–water partition coefficient (Wildman–Crippen LogP) is -0.0811. The van der Waals surface area contributed by atoms with Crippen molar-refractivity contribution in [1.29, 1.82) is 0 Å². The standard InChI is InChI=1S/C17H28N4O5/c1-6-13(22)19-10-11(20-16(25)26-17(2,3)4)15(24)21-9-7-8-12(21)14(23)18-5/h6,11-12H,1,7-10H2,2-5H3,(H,18,23)(H,19,22)(H,20,25). The highest BCUT2D eigenvalue weighted by atomic mass is 16.6. The lowest BCUT2D eigenvalue weighted by molar-refractivity contribution is -0.139. The van der Waals surface area contributed by atoms with E-state index in [4.69, 9.17) is 4.74 Å². The quantitative estimate of drug-likeness (QED) is 0.567. The van der Waals surface area contributed by atoms with E-state index in [-0.39, 0.29) is 12.5 Å². The molecule has 1 saturated heterocycles. The van der Waals surface area contributed by atoms with Crippen LogP contribution >= 0.6 is 0 Å². The summed E-state index contributed by atoms with van der Waals surface area (Å²) >= 11 is 0. The fourth-order valence-electron chi connectivity index (χ4n) is 2.59. The minimum atomic E-state index is -1.06. The van der Waals surface area contributed by atoms with Crippen LogP contribution in [0.25, 0.3) is 0 Å². The number of hydrogen-bond acceptors (Lipinski definition) is 5. The summed E-state index contributed by atoms with van der Waals surface area (Å²) in [5.41, 5.74) is -0.736. The molecule has 2 atom stereocenters. The second-order valence-corrected chi connectivity index (χ2v) is 6.95. The fourth-order valence-corrected chi connectivity index (χ4v) is 2.59. The maximum absolute atomic E-state index is 12.9. The van der Waals surface area contributed by atoms with Gasteiger partial charge in [-0.1, -0.05) is 6.58 Å². The smallest absolute Gasteiger partial charge is 0.408 e. The highest BCUT2D eigenvalue weighted by molar-refractivity contribution is 5.93. The molecule has 0 aliphatic carbocycles. The lowest BCUT2D eigenvalue weighted by atomic mass is 10.1. The van der Waals surface area contributed by atoms with Gasteiger partial charge < -0.3 is 25.6 Å². The van der Waals surface area contributed by atoms with Crippen LogP contribution in [0, 0.1) is 0 Å². The Balaban J connectivity index is 2.89. The summed E-state index contributed by atoms with van der Waals surface area (Å²) in [5, 5.41) is 7.50. The number of nitrogens with one attached hydrogen (secondary N) is 3. The Morgan fingerprint density at radius 2 is 1.96 bits per heavy atom. The van der Waals surface area contributed by atoms with Crippen LogP contribution in [-0.4, -0.2) is 66.5 Å². The Labute approximate surface area is 153 Å². The van der Waals surface area contributed by atoms with Gasteiger partial charge in [-0.2, -0.15) is 0 Å². The molecule has 0 bridgehead atoms. The molecular formula is C17H28N4O5. The van der Waals surface area contributed by atoms with Crippen LogP contribution in [0.15, 0.2) is 12.7 Å². The van der Waals surface area contributed by atoms with Gasteiger partial charge in [0.2, 0.25) is 17.7 Å². The van der Waals surface area contributed by atoms with E-state index in [0.29, 0.717) is 19.4 Å². The fraction of sp³-hybridized carbons (Fsp3) is 0.647. The lowest BCUT2D eigenvalue weighted by Crippen LogP contribution is -2.57. The highest BCUT2D eigenvalue weighted by Gasteiger charge is 2.37. The molecule has 4 amide bonds. The summed E-state index contributed by atoms with van der Waals surface area (Å²) < 4.78 is 5.18. The Kier molecular flexibility index (Phi) is 7.60. The maximum atomic E-state index is 12.9. The third-order valence-corrected chi connectivity index (χ3v) is 3.74. The Morgan fingerprint density at radius 1 is 1.31 bits per heavy atom. The number of likely N-dealkylation sites (tertiary alicyclic amines) is 1. The van der Waals surface area contributed by atoms with Gasteiger partial charge in [-0.25, -0.2) is 4.79 Å². The Morgan fingerprint density at radius 3 is 2.50 bits per heavy atom. The van der Waals surface area contributed by atoms with Gasteiger partial charge in [-0.3, -0.25) is 14.4 Å². The van der Waals surface area contributed by atoms with Gasteiger partial charge in [0.1, 0.15) is 17.7 Å². The van der Waals surface area contributed by atoms with Crippen molar-refractivity contribution < 1.29 is 23.9 Å². The summed E-state index contributed by atoms with van der Waals surface area (Å²) in [6, 6.07) is -1.65. The predicted molar refractivity (Wildman–Crippen MR) is 95.2 cm³/mol.